The topological polar surface area (TPSA) is 56.7 Å². The number of hydrogen-bond donors (Lipinski definition) is 1. The van der Waals surface area contributed by atoms with Crippen LogP contribution >= 0.6 is 0 Å². The van der Waals surface area contributed by atoms with Crippen LogP contribution in [0.15, 0.2) is 18.7 Å². The van der Waals surface area contributed by atoms with E-state index in [9.17, 15) is 0 Å². The van der Waals surface area contributed by atoms with Crippen molar-refractivity contribution in [3.63, 3.8) is 0 Å². The van der Waals surface area contributed by atoms with Crippen LogP contribution < -0.4 is 5.73 Å². The third kappa shape index (κ3) is 1.23. The van der Waals surface area contributed by atoms with Gasteiger partial charge in [0.15, 0.2) is 0 Å². The minimum atomic E-state index is 0.00419. The Morgan fingerprint density at radius 3 is 2.64 bits per heavy atom. The summed E-state index contributed by atoms with van der Waals surface area (Å²) in [6, 6.07) is 0. The molecule has 0 aliphatic rings. The second kappa shape index (κ2) is 2.70. The summed E-state index contributed by atoms with van der Waals surface area (Å²) >= 11 is 0. The molecule has 0 aliphatic carbocycles. The summed E-state index contributed by atoms with van der Waals surface area (Å²) in [5.74, 6) is 0. The molecule has 0 radical (unpaired) electrons. The van der Waals surface area contributed by atoms with E-state index in [1.807, 2.05) is 6.33 Å². The highest BCUT2D eigenvalue weighted by atomic mass is 15.1. The van der Waals surface area contributed by atoms with Crippen LogP contribution in [0.2, 0.25) is 0 Å². The third-order valence-corrected chi connectivity index (χ3v) is 2.21. The van der Waals surface area contributed by atoms with Gasteiger partial charge in [-0.1, -0.05) is 0 Å². The van der Waals surface area contributed by atoms with Gasteiger partial charge in [-0.15, -0.1) is 0 Å². The highest BCUT2D eigenvalue weighted by molar-refractivity contribution is 5.85. The van der Waals surface area contributed by atoms with Crippen molar-refractivity contribution in [1.82, 2.24) is 14.5 Å². The van der Waals surface area contributed by atoms with E-state index in [1.54, 1.807) is 12.4 Å². The number of anilines is 1. The molecule has 4 heteroatoms. The van der Waals surface area contributed by atoms with Crippen LogP contribution in [0.5, 0.6) is 0 Å². The SMILES string of the molecule is CC(C)(C)n1cnc2c(N)cncc21. The van der Waals surface area contributed by atoms with Crippen molar-refractivity contribution in [3.05, 3.63) is 18.7 Å². The number of fused-ring (bicyclic) bond motifs is 1. The molecule has 74 valence electrons. The van der Waals surface area contributed by atoms with Gasteiger partial charge in [0, 0.05) is 5.54 Å². The average molecular weight is 190 g/mol. The first-order valence-corrected chi connectivity index (χ1v) is 4.57. The normalized spacial score (nSPS) is 12.2. The Balaban J connectivity index is 2.76. The largest absolute Gasteiger partial charge is 0.396 e. The molecule has 2 N–H and O–H groups in total. The maximum atomic E-state index is 5.77. The quantitative estimate of drug-likeness (QED) is 0.688. The number of rotatable bonds is 0. The van der Waals surface area contributed by atoms with Gasteiger partial charge in [-0.25, -0.2) is 4.98 Å². The minimum absolute atomic E-state index is 0.00419. The van der Waals surface area contributed by atoms with Crippen molar-refractivity contribution in [2.24, 2.45) is 0 Å². The van der Waals surface area contributed by atoms with Crippen LogP contribution in [-0.4, -0.2) is 14.5 Å². The fraction of sp³-hybridized carbons (Fsp3) is 0.400. The summed E-state index contributed by atoms with van der Waals surface area (Å²) in [5, 5.41) is 0. The smallest absolute Gasteiger partial charge is 0.115 e. The van der Waals surface area contributed by atoms with Crippen LogP contribution in [0.3, 0.4) is 0 Å². The number of imidazole rings is 1. The van der Waals surface area contributed by atoms with Crippen LogP contribution in [0.1, 0.15) is 20.8 Å². The van der Waals surface area contributed by atoms with E-state index in [1.165, 1.54) is 0 Å². The summed E-state index contributed by atoms with van der Waals surface area (Å²) in [4.78, 5) is 8.36. The molecule has 0 aliphatic heterocycles. The fourth-order valence-electron chi connectivity index (χ4n) is 1.49. The summed E-state index contributed by atoms with van der Waals surface area (Å²) < 4.78 is 2.08. The second-order valence-electron chi connectivity index (χ2n) is 4.38. The van der Waals surface area contributed by atoms with E-state index in [-0.39, 0.29) is 5.54 Å². The Bertz CT molecular complexity index is 464. The Morgan fingerprint density at radius 2 is 2.00 bits per heavy atom. The molecule has 2 aromatic rings. The lowest BCUT2D eigenvalue weighted by molar-refractivity contribution is 0.408. The summed E-state index contributed by atoms with van der Waals surface area (Å²) in [7, 11) is 0. The Hall–Kier alpha value is -1.58. The maximum Gasteiger partial charge on any atom is 0.115 e. The maximum absolute atomic E-state index is 5.77. The summed E-state index contributed by atoms with van der Waals surface area (Å²) in [6.45, 7) is 6.37. The van der Waals surface area contributed by atoms with Crippen LogP contribution in [0.25, 0.3) is 11.0 Å². The van der Waals surface area contributed by atoms with Crippen molar-refractivity contribution < 1.29 is 0 Å². The average Bonchev–Trinajstić information content (AvgIpc) is 2.47. The van der Waals surface area contributed by atoms with Crippen molar-refractivity contribution in [2.45, 2.75) is 26.3 Å². The highest BCUT2D eigenvalue weighted by Crippen LogP contribution is 2.23. The highest BCUT2D eigenvalue weighted by Gasteiger charge is 2.16. The van der Waals surface area contributed by atoms with Gasteiger partial charge in [-0.05, 0) is 20.8 Å². The Morgan fingerprint density at radius 1 is 1.29 bits per heavy atom. The van der Waals surface area contributed by atoms with Crippen LogP contribution in [0, 0.1) is 0 Å². The molecule has 0 saturated carbocycles. The Labute approximate surface area is 82.8 Å². The van der Waals surface area contributed by atoms with E-state index in [2.05, 4.69) is 35.3 Å². The second-order valence-corrected chi connectivity index (χ2v) is 4.38. The minimum Gasteiger partial charge on any atom is -0.396 e. The summed E-state index contributed by atoms with van der Waals surface area (Å²) in [5.41, 5.74) is 8.22. The predicted molar refractivity (Wildman–Crippen MR) is 56.9 cm³/mol. The first-order chi connectivity index (χ1) is 6.50. The zero-order chi connectivity index (χ0) is 10.3. The van der Waals surface area contributed by atoms with Gasteiger partial charge in [-0.3, -0.25) is 4.98 Å². The van der Waals surface area contributed by atoms with E-state index in [0.717, 1.165) is 11.0 Å². The third-order valence-electron chi connectivity index (χ3n) is 2.21. The first kappa shape index (κ1) is 8.99. The number of hydrogen-bond acceptors (Lipinski definition) is 3. The van der Waals surface area contributed by atoms with Crippen molar-refractivity contribution in [1.29, 1.82) is 0 Å². The molecular weight excluding hydrogens is 176 g/mol. The predicted octanol–water partition coefficient (Wildman–Crippen LogP) is 1.77. The molecule has 0 amide bonds. The van der Waals surface area contributed by atoms with E-state index in [0.29, 0.717) is 5.69 Å². The molecule has 2 aromatic heterocycles. The van der Waals surface area contributed by atoms with Crippen molar-refractivity contribution >= 4 is 16.7 Å². The molecule has 0 fully saturated rings. The standard InChI is InChI=1S/C10H14N4/c1-10(2,3)14-6-13-9-7(11)4-12-5-8(9)14/h4-6H,11H2,1-3H3. The van der Waals surface area contributed by atoms with Gasteiger partial charge < -0.3 is 10.3 Å². The molecule has 0 spiro atoms. The first-order valence-electron chi connectivity index (χ1n) is 4.57. The molecule has 0 saturated heterocycles. The molecule has 0 aromatic carbocycles. The van der Waals surface area contributed by atoms with Crippen LogP contribution in [0.4, 0.5) is 5.69 Å². The van der Waals surface area contributed by atoms with Gasteiger partial charge in [0.25, 0.3) is 0 Å². The molecule has 0 unspecified atom stereocenters. The zero-order valence-electron chi connectivity index (χ0n) is 8.65. The van der Waals surface area contributed by atoms with Crippen LogP contribution in [-0.2, 0) is 5.54 Å². The molecule has 4 nitrogen and oxygen atoms in total. The number of nitrogen functional groups attached to an aromatic ring is 1. The molecule has 0 bridgehead atoms. The molecular formula is C10H14N4. The summed E-state index contributed by atoms with van der Waals surface area (Å²) in [6.07, 6.45) is 5.23. The van der Waals surface area contributed by atoms with Crippen molar-refractivity contribution in [3.8, 4) is 0 Å². The lowest BCUT2D eigenvalue weighted by atomic mass is 10.1. The molecule has 2 heterocycles. The number of pyridine rings is 1. The Kier molecular flexibility index (Phi) is 1.74. The monoisotopic (exact) mass is 190 g/mol. The lowest BCUT2D eigenvalue weighted by Crippen LogP contribution is -2.20. The zero-order valence-corrected chi connectivity index (χ0v) is 8.65. The lowest BCUT2D eigenvalue weighted by Gasteiger charge is -2.21. The van der Waals surface area contributed by atoms with Gasteiger partial charge in [0.1, 0.15) is 5.52 Å². The van der Waals surface area contributed by atoms with Gasteiger partial charge >= 0.3 is 0 Å². The van der Waals surface area contributed by atoms with Gasteiger partial charge in [-0.2, -0.15) is 0 Å². The van der Waals surface area contributed by atoms with Crippen molar-refractivity contribution in [2.75, 3.05) is 5.73 Å². The molecule has 2 rings (SSSR count). The molecule has 0 atom stereocenters. The fourth-order valence-corrected chi connectivity index (χ4v) is 1.49. The molecule has 14 heavy (non-hydrogen) atoms. The number of aromatic nitrogens is 3. The van der Waals surface area contributed by atoms with E-state index < -0.39 is 0 Å². The van der Waals surface area contributed by atoms with E-state index in [4.69, 9.17) is 5.73 Å². The van der Waals surface area contributed by atoms with E-state index >= 15 is 0 Å². The number of nitrogens with two attached hydrogens (primary N) is 1. The van der Waals surface area contributed by atoms with Gasteiger partial charge in [0.05, 0.1) is 29.9 Å². The number of nitrogens with zero attached hydrogens (tertiary/aromatic N) is 3. The van der Waals surface area contributed by atoms with Gasteiger partial charge in [0.2, 0.25) is 0 Å².